The van der Waals surface area contributed by atoms with Crippen molar-refractivity contribution in [1.29, 1.82) is 0 Å². The van der Waals surface area contributed by atoms with E-state index in [9.17, 15) is 30.3 Å². The van der Waals surface area contributed by atoms with Crippen LogP contribution in [0, 0.1) is 17.8 Å². The number of rotatable bonds is 12. The van der Waals surface area contributed by atoms with Crippen molar-refractivity contribution in [1.82, 2.24) is 14.7 Å². The average molecular weight is 848 g/mol. The van der Waals surface area contributed by atoms with E-state index in [-0.39, 0.29) is 44.0 Å². The second-order valence-corrected chi connectivity index (χ2v) is 19.4. The first-order valence-corrected chi connectivity index (χ1v) is 22.2. The summed E-state index contributed by atoms with van der Waals surface area (Å²) in [5.41, 5.74) is -5.95. The highest BCUT2D eigenvalue weighted by atomic mass is 16.7. The maximum absolute atomic E-state index is 14.5. The maximum Gasteiger partial charge on any atom is 0.311 e. The quantitative estimate of drug-likeness (QED) is 0.181. The summed E-state index contributed by atoms with van der Waals surface area (Å²) in [5, 5.41) is 60.3. The number of carbonyl (C=O) groups excluding carboxylic acids is 1. The van der Waals surface area contributed by atoms with Crippen LogP contribution in [0.2, 0.25) is 0 Å². The van der Waals surface area contributed by atoms with Gasteiger partial charge in [-0.2, -0.15) is 0 Å². The van der Waals surface area contributed by atoms with E-state index >= 15 is 0 Å². The number of ether oxygens (including phenoxy) is 6. The Balaban J connectivity index is 2.24. The third-order valence-corrected chi connectivity index (χ3v) is 14.1. The molecule has 3 aliphatic rings. The molecule has 3 heterocycles. The number of methoxy groups -OCH3 is 1. The third-order valence-electron chi connectivity index (χ3n) is 14.1. The lowest BCUT2D eigenvalue weighted by Crippen LogP contribution is -2.70. The monoisotopic (exact) mass is 848 g/mol. The van der Waals surface area contributed by atoms with Gasteiger partial charge in [0.05, 0.1) is 42.0 Å². The molecule has 15 heteroatoms. The van der Waals surface area contributed by atoms with Gasteiger partial charge >= 0.3 is 5.97 Å². The topological polar surface area (TPSA) is 183 Å². The molecule has 0 spiro atoms. The van der Waals surface area contributed by atoms with Gasteiger partial charge in [0.1, 0.15) is 29.0 Å². The van der Waals surface area contributed by atoms with Crippen LogP contribution in [0.4, 0.5) is 0 Å². The van der Waals surface area contributed by atoms with Gasteiger partial charge in [-0.3, -0.25) is 4.79 Å². The second-order valence-electron chi connectivity index (χ2n) is 19.4. The van der Waals surface area contributed by atoms with Gasteiger partial charge in [0.25, 0.3) is 0 Å². The van der Waals surface area contributed by atoms with E-state index in [0.29, 0.717) is 26.1 Å². The van der Waals surface area contributed by atoms with E-state index in [1.54, 1.807) is 34.8 Å². The number of carbonyl (C=O) groups is 1. The number of likely N-dealkylation sites (N-methyl/N-ethyl adjacent to an activating group) is 2. The third kappa shape index (κ3) is 11.8. The van der Waals surface area contributed by atoms with Gasteiger partial charge in [-0.05, 0) is 114 Å². The van der Waals surface area contributed by atoms with Crippen molar-refractivity contribution in [2.75, 3.05) is 54.4 Å². The lowest BCUT2D eigenvalue weighted by atomic mass is 9.75. The van der Waals surface area contributed by atoms with Gasteiger partial charge < -0.3 is 68.7 Å². The van der Waals surface area contributed by atoms with Crippen LogP contribution in [0.5, 0.6) is 0 Å². The van der Waals surface area contributed by atoms with Gasteiger partial charge in [0, 0.05) is 44.6 Å². The Bertz CT molecular complexity index is 1310. The van der Waals surface area contributed by atoms with Gasteiger partial charge in [-0.25, -0.2) is 0 Å². The number of cyclic esters (lactones) is 1. The minimum atomic E-state index is -1.80. The van der Waals surface area contributed by atoms with Gasteiger partial charge in [0.15, 0.2) is 12.6 Å². The van der Waals surface area contributed by atoms with Gasteiger partial charge in [-0.15, -0.1) is 0 Å². The summed E-state index contributed by atoms with van der Waals surface area (Å²) in [4.78, 5) is 20.6. The fourth-order valence-electron chi connectivity index (χ4n) is 10.0. The molecule has 3 fully saturated rings. The Morgan fingerprint density at radius 1 is 0.915 bits per heavy atom. The largest absolute Gasteiger partial charge is 0.459 e. The smallest absolute Gasteiger partial charge is 0.311 e. The van der Waals surface area contributed by atoms with E-state index in [2.05, 4.69) is 11.8 Å². The Morgan fingerprint density at radius 3 is 2.08 bits per heavy atom. The summed E-state index contributed by atoms with van der Waals surface area (Å²) < 4.78 is 38.8. The van der Waals surface area contributed by atoms with E-state index in [1.165, 1.54) is 6.92 Å². The number of aliphatic hydroxyl groups is 5. The lowest BCUT2D eigenvalue weighted by Gasteiger charge is -2.54. The summed E-state index contributed by atoms with van der Waals surface area (Å²) in [6.07, 6.45) is -6.73. The molecule has 0 aromatic rings. The van der Waals surface area contributed by atoms with Crippen LogP contribution in [0.3, 0.4) is 0 Å². The highest BCUT2D eigenvalue weighted by molar-refractivity contribution is 5.73. The molecule has 59 heavy (non-hydrogen) atoms. The number of hydrogen-bond acceptors (Lipinski definition) is 15. The van der Waals surface area contributed by atoms with Crippen molar-refractivity contribution in [3.05, 3.63) is 0 Å². The zero-order valence-corrected chi connectivity index (χ0v) is 39.4. The Hall–Kier alpha value is -1.05. The summed E-state index contributed by atoms with van der Waals surface area (Å²) in [7, 11) is 7.25. The SMILES string of the molecule is CCCN1C[C@@H](C)[C@@H](O)[C@](C)(O)[C@H](CC)OC(=O)[C@H](C)[C@H](O[C@H]2C[C@@](C)(OC)[C@](O)(CN(C)CC)[C@H](C)O2)[C@H](C)[C@@H](O[C@@H]2O[C@H](C)C[C@H](N(C)C)[C@H]2O)[C@](C)(O)C[C@H]1C. The Morgan fingerprint density at radius 2 is 1.54 bits per heavy atom. The zero-order valence-electron chi connectivity index (χ0n) is 39.4. The molecule has 0 saturated carbocycles. The maximum atomic E-state index is 14.5. The Labute approximate surface area is 356 Å². The molecule has 348 valence electrons. The molecule has 3 rings (SSSR count). The number of nitrogens with zero attached hydrogens (tertiary/aromatic N) is 3. The first-order chi connectivity index (χ1) is 27.2. The van der Waals surface area contributed by atoms with Crippen LogP contribution in [-0.4, -0.2) is 190 Å². The van der Waals surface area contributed by atoms with Crippen LogP contribution in [0.25, 0.3) is 0 Å². The van der Waals surface area contributed by atoms with Crippen LogP contribution in [0.1, 0.15) is 115 Å². The van der Waals surface area contributed by atoms with Crippen molar-refractivity contribution in [2.24, 2.45) is 17.8 Å². The summed E-state index contributed by atoms with van der Waals surface area (Å²) in [5.74, 6) is -2.93. The van der Waals surface area contributed by atoms with Crippen molar-refractivity contribution < 1.29 is 58.7 Å². The number of aliphatic hydroxyl groups excluding tert-OH is 2. The summed E-state index contributed by atoms with van der Waals surface area (Å²) >= 11 is 0. The minimum Gasteiger partial charge on any atom is -0.459 e. The molecule has 0 amide bonds. The fraction of sp³-hybridized carbons (Fsp3) is 0.977. The van der Waals surface area contributed by atoms with E-state index < -0.39 is 95.3 Å². The summed E-state index contributed by atoms with van der Waals surface area (Å²) in [6, 6.07) is -0.522. The van der Waals surface area contributed by atoms with Gasteiger partial charge in [0.2, 0.25) is 0 Å². The number of hydrogen-bond donors (Lipinski definition) is 5. The first-order valence-electron chi connectivity index (χ1n) is 22.2. The van der Waals surface area contributed by atoms with E-state index in [0.717, 1.165) is 6.42 Å². The van der Waals surface area contributed by atoms with Gasteiger partial charge in [-0.1, -0.05) is 34.6 Å². The molecule has 0 unspecified atom stereocenters. The molecule has 0 aromatic heterocycles. The lowest BCUT2D eigenvalue weighted by molar-refractivity contribution is -0.339. The molecular formula is C44H85N3O12. The minimum absolute atomic E-state index is 0.0979. The predicted octanol–water partition coefficient (Wildman–Crippen LogP) is 3.00. The molecule has 3 aliphatic heterocycles. The molecule has 5 N–H and O–H groups in total. The van der Waals surface area contributed by atoms with E-state index in [4.69, 9.17) is 28.4 Å². The average Bonchev–Trinajstić information content (AvgIpc) is 3.16. The molecule has 0 aromatic carbocycles. The predicted molar refractivity (Wildman–Crippen MR) is 226 cm³/mol. The van der Waals surface area contributed by atoms with Crippen LogP contribution in [0.15, 0.2) is 0 Å². The van der Waals surface area contributed by atoms with Crippen LogP contribution >= 0.6 is 0 Å². The molecule has 0 bridgehead atoms. The molecule has 0 radical (unpaired) electrons. The van der Waals surface area contributed by atoms with E-state index in [1.807, 2.05) is 72.5 Å². The second kappa shape index (κ2) is 21.1. The van der Waals surface area contributed by atoms with Crippen molar-refractivity contribution >= 4 is 5.97 Å². The molecule has 3 saturated heterocycles. The van der Waals surface area contributed by atoms with Crippen molar-refractivity contribution in [3.8, 4) is 0 Å². The normalized spacial score (nSPS) is 46.5. The molecular weight excluding hydrogens is 762 g/mol. The van der Waals surface area contributed by atoms with Crippen molar-refractivity contribution in [2.45, 2.75) is 205 Å². The summed E-state index contributed by atoms with van der Waals surface area (Å²) in [6.45, 7) is 24.0. The highest BCUT2D eigenvalue weighted by Gasteiger charge is 2.59. The molecule has 18 atom stereocenters. The highest BCUT2D eigenvalue weighted by Crippen LogP contribution is 2.44. The number of esters is 1. The standard InChI is InChI=1S/C44H85N3O12/c1-17-20-47-24-26(4)37(49)43(12,52)33(18-2)57-39(50)30(8)36(58-34-23-42(11,54-16)44(53,31(9)56-34)25-46(15)19-3)29(7)38(41(10,51)22-27(47)5)59-40-35(48)32(45(13)14)21-28(6)55-40/h26-38,40,48-49,51-53H,17-25H2,1-16H3/t26-,27-,28-,29+,30-,31+,32+,33+,34+,35-,36-,37-,38-,40+,41-,42-,43-,44+/m1/s1. The van der Waals surface area contributed by atoms with Crippen LogP contribution < -0.4 is 0 Å². The van der Waals surface area contributed by atoms with Crippen LogP contribution in [-0.2, 0) is 33.2 Å². The first kappa shape index (κ1) is 52.3. The van der Waals surface area contributed by atoms with Crippen molar-refractivity contribution in [3.63, 3.8) is 0 Å². The fourth-order valence-corrected chi connectivity index (χ4v) is 10.0. The molecule has 0 aliphatic carbocycles. The molecule has 15 nitrogen and oxygen atoms in total. The zero-order chi connectivity index (χ0) is 45.0. The Kier molecular flexibility index (Phi) is 18.7.